The number of aliphatic hydroxyl groups is 1. The Bertz CT molecular complexity index is 1240. The lowest BCUT2D eigenvalue weighted by molar-refractivity contribution is -0.142. The Morgan fingerprint density at radius 1 is 1.11 bits per heavy atom. The number of likely N-dealkylation sites (tertiary alicyclic amines) is 1. The van der Waals surface area contributed by atoms with Crippen molar-refractivity contribution in [3.8, 4) is 5.75 Å². The van der Waals surface area contributed by atoms with Crippen LogP contribution >= 0.6 is 0 Å². The topological polar surface area (TPSA) is 117 Å². The molecule has 0 bridgehead atoms. The smallest absolute Gasteiger partial charge is 0.261 e. The number of anilines is 1. The van der Waals surface area contributed by atoms with Gasteiger partial charge in [-0.05, 0) is 74.8 Å². The quantitative estimate of drug-likeness (QED) is 0.442. The highest BCUT2D eigenvalue weighted by Crippen LogP contribution is 2.47. The number of rotatable bonds is 9. The van der Waals surface area contributed by atoms with Gasteiger partial charge in [0.25, 0.3) is 10.0 Å². The predicted molar refractivity (Wildman–Crippen MR) is 139 cm³/mol. The average Bonchev–Trinajstić information content (AvgIpc) is 3.27. The first-order valence-electron chi connectivity index (χ1n) is 13.2. The molecule has 206 valence electrons. The second kappa shape index (κ2) is 11.6. The fourth-order valence-electron chi connectivity index (χ4n) is 5.60. The van der Waals surface area contributed by atoms with Crippen LogP contribution in [0.2, 0.25) is 0 Å². The summed E-state index contributed by atoms with van der Waals surface area (Å²) in [5.74, 6) is -0.189. The minimum absolute atomic E-state index is 0.0497. The van der Waals surface area contributed by atoms with Gasteiger partial charge in [-0.1, -0.05) is 6.42 Å². The highest BCUT2D eigenvalue weighted by Gasteiger charge is 2.46. The standard InChI is InChI=1S/C27H34FN3O6S/c28-18-4-7-21(8-5-18)38(34,35)30-19-6-9-24-22(14-19)23-15-20(36-25(17-32)27(23)37-24)16-26(33)29-10-13-31-11-2-1-3-12-31/h4-9,14,20,23,25,27,30,32H,1-3,10-13,15-17H2,(H,29,33)/t20-,23-,25+,27+/m1/s1. The van der Waals surface area contributed by atoms with Crippen LogP contribution in [-0.2, 0) is 19.6 Å². The van der Waals surface area contributed by atoms with Crippen LogP contribution in [0.25, 0.3) is 0 Å². The summed E-state index contributed by atoms with van der Waals surface area (Å²) in [6, 6.07) is 9.60. The molecule has 4 atom stereocenters. The maximum atomic E-state index is 13.2. The largest absolute Gasteiger partial charge is 0.487 e. The van der Waals surface area contributed by atoms with Crippen LogP contribution in [0.4, 0.5) is 10.1 Å². The van der Waals surface area contributed by atoms with Gasteiger partial charge in [-0.15, -0.1) is 0 Å². The number of fused-ring (bicyclic) bond motifs is 3. The number of benzene rings is 2. The molecule has 0 saturated carbocycles. The second-order valence-electron chi connectivity index (χ2n) is 10.2. The molecule has 3 aliphatic rings. The van der Waals surface area contributed by atoms with Crippen molar-refractivity contribution in [2.45, 2.75) is 61.2 Å². The van der Waals surface area contributed by atoms with E-state index in [1.807, 2.05) is 0 Å². The zero-order valence-electron chi connectivity index (χ0n) is 21.1. The van der Waals surface area contributed by atoms with E-state index >= 15 is 0 Å². The molecule has 3 N–H and O–H groups in total. The van der Waals surface area contributed by atoms with Gasteiger partial charge in [-0.2, -0.15) is 0 Å². The predicted octanol–water partition coefficient (Wildman–Crippen LogP) is 2.61. The minimum atomic E-state index is -3.91. The molecular formula is C27H34FN3O6S. The van der Waals surface area contributed by atoms with E-state index in [1.165, 1.54) is 31.4 Å². The van der Waals surface area contributed by atoms with Crippen LogP contribution in [0, 0.1) is 5.82 Å². The molecule has 38 heavy (non-hydrogen) atoms. The van der Waals surface area contributed by atoms with Crippen molar-refractivity contribution < 1.29 is 32.2 Å². The van der Waals surface area contributed by atoms with Gasteiger partial charge >= 0.3 is 0 Å². The Morgan fingerprint density at radius 3 is 2.61 bits per heavy atom. The molecule has 3 aliphatic heterocycles. The lowest BCUT2D eigenvalue weighted by Gasteiger charge is -2.37. The highest BCUT2D eigenvalue weighted by molar-refractivity contribution is 7.92. The van der Waals surface area contributed by atoms with E-state index in [2.05, 4.69) is 14.9 Å². The molecule has 3 heterocycles. The van der Waals surface area contributed by atoms with E-state index in [4.69, 9.17) is 9.47 Å². The number of piperidine rings is 1. The number of nitrogens with one attached hydrogen (secondary N) is 2. The van der Waals surface area contributed by atoms with Gasteiger partial charge in [0, 0.05) is 30.3 Å². The number of nitrogens with zero attached hydrogens (tertiary/aromatic N) is 1. The molecule has 9 nitrogen and oxygen atoms in total. The van der Waals surface area contributed by atoms with Gasteiger partial charge in [-0.25, -0.2) is 12.8 Å². The zero-order chi connectivity index (χ0) is 26.7. The SMILES string of the molecule is O=C(C[C@H]1C[C@@H]2c3cc(NS(=O)(=O)c4ccc(F)cc4)ccc3O[C@@H]2[C@H](CO)O1)NCCN1CCCCC1. The van der Waals surface area contributed by atoms with Crippen molar-refractivity contribution in [3.63, 3.8) is 0 Å². The molecular weight excluding hydrogens is 513 g/mol. The first kappa shape index (κ1) is 26.9. The van der Waals surface area contributed by atoms with Crippen molar-refractivity contribution in [1.82, 2.24) is 10.2 Å². The zero-order valence-corrected chi connectivity index (χ0v) is 22.0. The number of hydrogen-bond acceptors (Lipinski definition) is 7. The lowest BCUT2D eigenvalue weighted by Crippen LogP contribution is -2.47. The number of hydrogen-bond donors (Lipinski definition) is 3. The molecule has 5 rings (SSSR count). The van der Waals surface area contributed by atoms with Gasteiger partial charge < -0.3 is 24.8 Å². The van der Waals surface area contributed by atoms with Crippen LogP contribution in [0.3, 0.4) is 0 Å². The van der Waals surface area contributed by atoms with E-state index < -0.39 is 34.2 Å². The van der Waals surface area contributed by atoms with E-state index in [-0.39, 0.29) is 29.7 Å². The van der Waals surface area contributed by atoms with Gasteiger partial charge in [0.1, 0.15) is 23.8 Å². The maximum Gasteiger partial charge on any atom is 0.261 e. The third kappa shape index (κ3) is 6.12. The Labute approximate surface area is 222 Å². The van der Waals surface area contributed by atoms with Crippen LogP contribution < -0.4 is 14.8 Å². The molecule has 0 radical (unpaired) electrons. The number of carbonyl (C=O) groups excluding carboxylic acids is 1. The Balaban J connectivity index is 1.23. The summed E-state index contributed by atoms with van der Waals surface area (Å²) in [5, 5.41) is 13.0. The van der Waals surface area contributed by atoms with Crippen molar-refractivity contribution >= 4 is 21.6 Å². The third-order valence-corrected chi connectivity index (χ3v) is 8.88. The summed E-state index contributed by atoms with van der Waals surface area (Å²) in [4.78, 5) is 15.0. The first-order valence-corrected chi connectivity index (χ1v) is 14.6. The van der Waals surface area contributed by atoms with E-state index in [0.29, 0.717) is 24.4 Å². The summed E-state index contributed by atoms with van der Waals surface area (Å²) in [6.45, 7) is 3.31. The number of carbonyl (C=O) groups is 1. The summed E-state index contributed by atoms with van der Waals surface area (Å²) in [7, 11) is -3.91. The number of aliphatic hydroxyl groups excluding tert-OH is 1. The summed E-state index contributed by atoms with van der Waals surface area (Å²) in [6.07, 6.45) is 2.90. The van der Waals surface area contributed by atoms with Crippen molar-refractivity contribution in [3.05, 3.63) is 53.8 Å². The third-order valence-electron chi connectivity index (χ3n) is 7.49. The molecule has 2 saturated heterocycles. The fourth-order valence-corrected chi connectivity index (χ4v) is 6.65. The van der Waals surface area contributed by atoms with Crippen LogP contribution in [0.5, 0.6) is 5.75 Å². The molecule has 0 aliphatic carbocycles. The van der Waals surface area contributed by atoms with E-state index in [9.17, 15) is 22.7 Å². The van der Waals surface area contributed by atoms with Crippen LogP contribution in [0.15, 0.2) is 47.4 Å². The van der Waals surface area contributed by atoms with Gasteiger partial charge in [0.15, 0.2) is 0 Å². The summed E-state index contributed by atoms with van der Waals surface area (Å²) in [5.41, 5.74) is 1.14. The van der Waals surface area contributed by atoms with Crippen LogP contribution in [-0.4, -0.2) is 75.4 Å². The van der Waals surface area contributed by atoms with Crippen molar-refractivity contribution in [2.24, 2.45) is 0 Å². The Hall–Kier alpha value is -2.73. The average molecular weight is 548 g/mol. The molecule has 2 aromatic rings. The maximum absolute atomic E-state index is 13.2. The minimum Gasteiger partial charge on any atom is -0.487 e. The summed E-state index contributed by atoms with van der Waals surface area (Å²) >= 11 is 0. The molecule has 11 heteroatoms. The number of ether oxygens (including phenoxy) is 2. The second-order valence-corrected chi connectivity index (χ2v) is 11.9. The fraction of sp³-hybridized carbons (Fsp3) is 0.519. The molecule has 0 spiro atoms. The normalized spacial score (nSPS) is 25.2. The first-order chi connectivity index (χ1) is 18.3. The van der Waals surface area contributed by atoms with Crippen LogP contribution in [0.1, 0.15) is 43.6 Å². The lowest BCUT2D eigenvalue weighted by atomic mass is 9.84. The van der Waals surface area contributed by atoms with Crippen molar-refractivity contribution in [2.75, 3.05) is 37.5 Å². The summed E-state index contributed by atoms with van der Waals surface area (Å²) < 4.78 is 53.5. The number of halogens is 1. The number of sulfonamides is 1. The van der Waals surface area contributed by atoms with Crippen molar-refractivity contribution in [1.29, 1.82) is 0 Å². The molecule has 2 aromatic carbocycles. The number of amides is 1. The van der Waals surface area contributed by atoms with Gasteiger partial charge in [-0.3, -0.25) is 9.52 Å². The van der Waals surface area contributed by atoms with Gasteiger partial charge in [0.05, 0.1) is 24.0 Å². The molecule has 1 amide bonds. The monoisotopic (exact) mass is 547 g/mol. The molecule has 0 unspecified atom stereocenters. The molecule has 0 aromatic heterocycles. The Kier molecular flexibility index (Phi) is 8.18. The highest BCUT2D eigenvalue weighted by atomic mass is 32.2. The van der Waals surface area contributed by atoms with Gasteiger partial charge in [0.2, 0.25) is 5.91 Å². The van der Waals surface area contributed by atoms with E-state index in [1.54, 1.807) is 18.2 Å². The Morgan fingerprint density at radius 2 is 1.87 bits per heavy atom. The van der Waals surface area contributed by atoms with E-state index in [0.717, 1.165) is 37.3 Å². The molecule has 2 fully saturated rings.